The number of nitrogens with one attached hydrogen (secondary N) is 2. The molecule has 0 fully saturated rings. The van der Waals surface area contributed by atoms with Crippen LogP contribution in [0.1, 0.15) is 11.1 Å². The highest BCUT2D eigenvalue weighted by molar-refractivity contribution is 6.35. The summed E-state index contributed by atoms with van der Waals surface area (Å²) in [5.74, 6) is -0.941. The Hall–Kier alpha value is -2.90. The third kappa shape index (κ3) is 7.08. The van der Waals surface area contributed by atoms with Gasteiger partial charge in [0.25, 0.3) is 0 Å². The number of carbonyl (C=O) groups is 2. The van der Waals surface area contributed by atoms with Crippen LogP contribution < -0.4 is 15.5 Å². The number of benzene rings is 2. The zero-order valence-corrected chi connectivity index (χ0v) is 15.5. The first-order chi connectivity index (χ1) is 13.1. The molecule has 0 aromatic heterocycles. The minimum Gasteiger partial charge on any atom is -0.489 e. The van der Waals surface area contributed by atoms with Crippen molar-refractivity contribution in [1.29, 1.82) is 0 Å². The molecule has 142 valence electrons. The Bertz CT molecular complexity index is 794. The average molecular weight is 390 g/mol. The van der Waals surface area contributed by atoms with Crippen molar-refractivity contribution in [3.8, 4) is 5.75 Å². The van der Waals surface area contributed by atoms with E-state index in [0.29, 0.717) is 24.0 Å². The van der Waals surface area contributed by atoms with E-state index in [9.17, 15) is 9.59 Å². The first-order valence-corrected chi connectivity index (χ1v) is 8.54. The van der Waals surface area contributed by atoms with E-state index < -0.39 is 11.8 Å². The van der Waals surface area contributed by atoms with Gasteiger partial charge in [-0.2, -0.15) is 5.10 Å². The van der Waals surface area contributed by atoms with Crippen LogP contribution in [-0.4, -0.2) is 38.3 Å². The van der Waals surface area contributed by atoms with E-state index in [1.165, 1.54) is 13.3 Å². The number of halogens is 1. The first kappa shape index (κ1) is 20.4. The highest BCUT2D eigenvalue weighted by Gasteiger charge is 2.11. The van der Waals surface area contributed by atoms with Crippen LogP contribution in [0.25, 0.3) is 0 Å². The van der Waals surface area contributed by atoms with Crippen LogP contribution >= 0.6 is 11.6 Å². The Morgan fingerprint density at radius 2 is 1.85 bits per heavy atom. The molecule has 0 bridgehead atoms. The molecule has 0 heterocycles. The number of nitrogens with zero attached hydrogens (tertiary/aromatic N) is 1. The lowest BCUT2D eigenvalue weighted by atomic mass is 10.2. The Morgan fingerprint density at radius 3 is 2.56 bits per heavy atom. The van der Waals surface area contributed by atoms with Crippen molar-refractivity contribution in [1.82, 2.24) is 10.7 Å². The lowest BCUT2D eigenvalue weighted by Gasteiger charge is -2.07. The van der Waals surface area contributed by atoms with Gasteiger partial charge in [0.2, 0.25) is 0 Å². The van der Waals surface area contributed by atoms with E-state index in [-0.39, 0.29) is 6.54 Å². The quantitative estimate of drug-likeness (QED) is 0.313. The topological polar surface area (TPSA) is 89.0 Å². The minimum atomic E-state index is -0.845. The van der Waals surface area contributed by atoms with Gasteiger partial charge in [-0.3, -0.25) is 9.59 Å². The van der Waals surface area contributed by atoms with Crippen molar-refractivity contribution in [2.75, 3.05) is 20.3 Å². The molecule has 2 aromatic carbocycles. The van der Waals surface area contributed by atoms with E-state index in [1.807, 2.05) is 24.3 Å². The van der Waals surface area contributed by atoms with Crippen molar-refractivity contribution in [2.24, 2.45) is 5.10 Å². The van der Waals surface area contributed by atoms with Gasteiger partial charge in [0, 0.05) is 24.2 Å². The molecular formula is C19H20ClN3O4. The smallest absolute Gasteiger partial charge is 0.329 e. The summed E-state index contributed by atoms with van der Waals surface area (Å²) in [7, 11) is 1.50. The maximum Gasteiger partial charge on any atom is 0.329 e. The van der Waals surface area contributed by atoms with Crippen LogP contribution in [0.2, 0.25) is 5.02 Å². The fourth-order valence-corrected chi connectivity index (χ4v) is 2.18. The molecule has 2 N–H and O–H groups in total. The van der Waals surface area contributed by atoms with Gasteiger partial charge in [-0.1, -0.05) is 29.8 Å². The maximum absolute atomic E-state index is 11.5. The van der Waals surface area contributed by atoms with Gasteiger partial charge < -0.3 is 14.8 Å². The molecular weight excluding hydrogens is 370 g/mol. The molecule has 27 heavy (non-hydrogen) atoms. The minimum absolute atomic E-state index is 0.252. The molecule has 0 saturated carbocycles. The maximum atomic E-state index is 11.5. The molecule has 0 unspecified atom stereocenters. The number of hydrogen-bond acceptors (Lipinski definition) is 5. The van der Waals surface area contributed by atoms with Gasteiger partial charge in [0.05, 0.1) is 12.8 Å². The number of methoxy groups -OCH3 is 1. The third-order valence-corrected chi connectivity index (χ3v) is 3.78. The largest absolute Gasteiger partial charge is 0.489 e. The van der Waals surface area contributed by atoms with Crippen molar-refractivity contribution >= 4 is 29.6 Å². The van der Waals surface area contributed by atoms with Crippen molar-refractivity contribution in [3.05, 3.63) is 64.7 Å². The lowest BCUT2D eigenvalue weighted by Crippen LogP contribution is -2.39. The monoisotopic (exact) mass is 389 g/mol. The fraction of sp³-hybridized carbons (Fsp3) is 0.211. The highest BCUT2D eigenvalue weighted by atomic mass is 35.5. The zero-order valence-electron chi connectivity index (χ0n) is 14.8. The molecule has 0 aliphatic rings. The summed E-state index contributed by atoms with van der Waals surface area (Å²) in [4.78, 5) is 23.0. The predicted molar refractivity (Wildman–Crippen MR) is 103 cm³/mol. The Morgan fingerprint density at radius 1 is 1.11 bits per heavy atom. The second kappa shape index (κ2) is 10.9. The van der Waals surface area contributed by atoms with Gasteiger partial charge in [0.1, 0.15) is 12.4 Å². The van der Waals surface area contributed by atoms with Crippen LogP contribution in [0.5, 0.6) is 5.75 Å². The summed E-state index contributed by atoms with van der Waals surface area (Å²) in [5.41, 5.74) is 3.79. The average Bonchev–Trinajstić information content (AvgIpc) is 2.68. The van der Waals surface area contributed by atoms with E-state index in [4.69, 9.17) is 21.1 Å². The summed E-state index contributed by atoms with van der Waals surface area (Å²) in [6, 6.07) is 14.6. The van der Waals surface area contributed by atoms with E-state index in [0.717, 1.165) is 11.1 Å². The zero-order chi connectivity index (χ0) is 19.5. The fourth-order valence-electron chi connectivity index (χ4n) is 1.99. The van der Waals surface area contributed by atoms with Crippen LogP contribution in [-0.2, 0) is 20.9 Å². The number of hydrazone groups is 1. The third-order valence-electron chi connectivity index (χ3n) is 3.41. The summed E-state index contributed by atoms with van der Waals surface area (Å²) >= 11 is 6.09. The number of amides is 2. The van der Waals surface area contributed by atoms with Crippen LogP contribution in [0.3, 0.4) is 0 Å². The van der Waals surface area contributed by atoms with E-state index in [2.05, 4.69) is 15.8 Å². The van der Waals surface area contributed by atoms with Crippen molar-refractivity contribution < 1.29 is 19.1 Å². The van der Waals surface area contributed by atoms with Gasteiger partial charge in [-0.05, 0) is 35.9 Å². The molecule has 2 aromatic rings. The normalized spacial score (nSPS) is 10.6. The second-order valence-corrected chi connectivity index (χ2v) is 5.80. The summed E-state index contributed by atoms with van der Waals surface area (Å²) in [5, 5.41) is 6.80. The van der Waals surface area contributed by atoms with E-state index in [1.54, 1.807) is 24.3 Å². The summed E-state index contributed by atoms with van der Waals surface area (Å²) in [6.45, 7) is 0.941. The van der Waals surface area contributed by atoms with Gasteiger partial charge >= 0.3 is 11.8 Å². The SMILES string of the molecule is COCCNC(=O)C(=O)N/N=C/c1ccc(OCc2ccccc2Cl)cc1. The second-order valence-electron chi connectivity index (χ2n) is 5.40. The van der Waals surface area contributed by atoms with Crippen molar-refractivity contribution in [3.63, 3.8) is 0 Å². The molecule has 2 rings (SSSR count). The molecule has 0 atom stereocenters. The molecule has 0 aliphatic carbocycles. The lowest BCUT2D eigenvalue weighted by molar-refractivity contribution is -0.139. The molecule has 0 radical (unpaired) electrons. The Kier molecular flexibility index (Phi) is 8.28. The van der Waals surface area contributed by atoms with Gasteiger partial charge in [0.15, 0.2) is 0 Å². The highest BCUT2D eigenvalue weighted by Crippen LogP contribution is 2.18. The first-order valence-electron chi connectivity index (χ1n) is 8.16. The van der Waals surface area contributed by atoms with Gasteiger partial charge in [-0.25, -0.2) is 5.43 Å². The number of hydrogen-bond donors (Lipinski definition) is 2. The van der Waals surface area contributed by atoms with Crippen LogP contribution in [0.4, 0.5) is 0 Å². The van der Waals surface area contributed by atoms with E-state index >= 15 is 0 Å². The summed E-state index contributed by atoms with van der Waals surface area (Å²) < 4.78 is 10.5. The predicted octanol–water partition coefficient (Wildman–Crippen LogP) is 2.13. The molecule has 8 heteroatoms. The molecule has 0 spiro atoms. The molecule has 0 saturated heterocycles. The molecule has 7 nitrogen and oxygen atoms in total. The van der Waals surface area contributed by atoms with Crippen LogP contribution in [0, 0.1) is 0 Å². The van der Waals surface area contributed by atoms with Crippen LogP contribution in [0.15, 0.2) is 53.6 Å². The number of rotatable bonds is 8. The number of ether oxygens (including phenoxy) is 2. The Balaban J connectivity index is 1.79. The Labute approximate surface area is 162 Å². The molecule has 0 aliphatic heterocycles. The van der Waals surface area contributed by atoms with Crippen molar-refractivity contribution in [2.45, 2.75) is 6.61 Å². The molecule has 2 amide bonds. The van der Waals surface area contributed by atoms with Gasteiger partial charge in [-0.15, -0.1) is 0 Å². The number of carbonyl (C=O) groups excluding carboxylic acids is 2. The summed E-state index contributed by atoms with van der Waals surface area (Å²) in [6.07, 6.45) is 1.43. The standard InChI is InChI=1S/C19H20ClN3O4/c1-26-11-10-21-18(24)19(25)23-22-12-14-6-8-16(9-7-14)27-13-15-4-2-3-5-17(15)20/h2-9,12H,10-11,13H2,1H3,(H,21,24)(H,23,25)/b22-12+.